The first kappa shape index (κ1) is 15.3. The van der Waals surface area contributed by atoms with E-state index in [2.05, 4.69) is 10.4 Å². The molecule has 2 aromatic rings. The molecule has 1 aromatic carbocycles. The number of carbonyl (C=O) groups is 2. The van der Waals surface area contributed by atoms with Crippen molar-refractivity contribution in [2.75, 3.05) is 5.32 Å². The lowest BCUT2D eigenvalue weighted by Crippen LogP contribution is -2.24. The maximum absolute atomic E-state index is 12.1. The number of halogens is 2. The van der Waals surface area contributed by atoms with Crippen LogP contribution in [0.3, 0.4) is 0 Å². The van der Waals surface area contributed by atoms with Gasteiger partial charge in [0.05, 0.1) is 21.3 Å². The van der Waals surface area contributed by atoms with Crippen molar-refractivity contribution in [3.63, 3.8) is 0 Å². The minimum absolute atomic E-state index is 0.0527. The molecule has 0 fully saturated rings. The van der Waals surface area contributed by atoms with Gasteiger partial charge in [-0.3, -0.25) is 9.48 Å². The summed E-state index contributed by atoms with van der Waals surface area (Å²) in [5.41, 5.74) is 0.121. The molecule has 0 aliphatic rings. The zero-order valence-electron chi connectivity index (χ0n) is 10.9. The van der Waals surface area contributed by atoms with E-state index < -0.39 is 12.0 Å². The quantitative estimate of drug-likeness (QED) is 0.903. The summed E-state index contributed by atoms with van der Waals surface area (Å²) in [5.74, 6) is -1.52. The Morgan fingerprint density at radius 3 is 2.43 bits per heavy atom. The number of carboxylic acids is 1. The highest BCUT2D eigenvalue weighted by molar-refractivity contribution is 6.40. The molecule has 6 nitrogen and oxygen atoms in total. The summed E-state index contributed by atoms with van der Waals surface area (Å²) in [6, 6.07) is 3.59. The predicted octanol–water partition coefficient (Wildman–Crippen LogP) is 3.09. The molecule has 1 heterocycles. The van der Waals surface area contributed by atoms with E-state index in [0.717, 1.165) is 0 Å². The van der Waals surface area contributed by atoms with Gasteiger partial charge < -0.3 is 10.4 Å². The number of amides is 1. The minimum atomic E-state index is -1.15. The van der Waals surface area contributed by atoms with Gasteiger partial charge >= 0.3 is 5.97 Å². The highest BCUT2D eigenvalue weighted by Gasteiger charge is 2.19. The van der Waals surface area contributed by atoms with Crippen LogP contribution in [0.2, 0.25) is 10.0 Å². The molecule has 2 rings (SSSR count). The molecule has 21 heavy (non-hydrogen) atoms. The number of carbonyl (C=O) groups excluding carboxylic acids is 1. The van der Waals surface area contributed by atoms with Crippen LogP contribution in [0, 0.1) is 0 Å². The van der Waals surface area contributed by atoms with Crippen LogP contribution in [0.5, 0.6) is 0 Å². The average Bonchev–Trinajstić information content (AvgIpc) is 2.95. The Hall–Kier alpha value is -2.05. The predicted molar refractivity (Wildman–Crippen MR) is 79.0 cm³/mol. The summed E-state index contributed by atoms with van der Waals surface area (Å²) >= 11 is 11.9. The highest BCUT2D eigenvalue weighted by Crippen LogP contribution is 2.32. The van der Waals surface area contributed by atoms with Crippen molar-refractivity contribution in [3.05, 3.63) is 46.2 Å². The van der Waals surface area contributed by atoms with Gasteiger partial charge in [0, 0.05) is 12.4 Å². The first-order valence-corrected chi connectivity index (χ1v) is 6.68. The van der Waals surface area contributed by atoms with Gasteiger partial charge in [0.2, 0.25) is 5.91 Å². The summed E-state index contributed by atoms with van der Waals surface area (Å²) in [6.45, 7) is 1.66. The van der Waals surface area contributed by atoms with E-state index in [9.17, 15) is 9.59 Å². The first-order valence-electron chi connectivity index (χ1n) is 5.92. The van der Waals surface area contributed by atoms with Gasteiger partial charge in [-0.15, -0.1) is 0 Å². The summed E-state index contributed by atoms with van der Waals surface area (Å²) in [6.07, 6.45) is 3.21. The van der Waals surface area contributed by atoms with Crippen LogP contribution in [-0.2, 0) is 4.79 Å². The molecule has 1 amide bonds. The maximum Gasteiger partial charge on any atom is 0.335 e. The van der Waals surface area contributed by atoms with Crippen molar-refractivity contribution in [2.45, 2.75) is 13.0 Å². The molecule has 1 aromatic heterocycles. The minimum Gasteiger partial charge on any atom is -0.478 e. The zero-order chi connectivity index (χ0) is 15.6. The van der Waals surface area contributed by atoms with E-state index in [1.807, 2.05) is 0 Å². The van der Waals surface area contributed by atoms with E-state index in [-0.39, 0.29) is 27.2 Å². The fraction of sp³-hybridized carbons (Fsp3) is 0.154. The standard InChI is InChI=1S/C13H11Cl2N3O3/c1-7(18-4-2-3-16-18)12(19)17-11-9(14)5-8(13(20)21)6-10(11)15/h2-7H,1H3,(H,17,19)(H,20,21). The molecule has 0 aliphatic heterocycles. The van der Waals surface area contributed by atoms with Gasteiger partial charge in [-0.25, -0.2) is 4.79 Å². The van der Waals surface area contributed by atoms with E-state index in [1.165, 1.54) is 16.8 Å². The van der Waals surface area contributed by atoms with Gasteiger partial charge in [0.15, 0.2) is 0 Å². The van der Waals surface area contributed by atoms with Gasteiger partial charge in [-0.05, 0) is 25.1 Å². The number of nitrogens with one attached hydrogen (secondary N) is 1. The third-order valence-electron chi connectivity index (χ3n) is 2.84. The highest BCUT2D eigenvalue weighted by atomic mass is 35.5. The number of anilines is 1. The Bertz CT molecular complexity index is 663. The van der Waals surface area contributed by atoms with E-state index in [1.54, 1.807) is 25.4 Å². The Balaban J connectivity index is 2.24. The van der Waals surface area contributed by atoms with Crippen LogP contribution in [0.1, 0.15) is 23.3 Å². The molecule has 0 radical (unpaired) electrons. The molecule has 0 bridgehead atoms. The van der Waals surface area contributed by atoms with Crippen molar-refractivity contribution in [2.24, 2.45) is 0 Å². The van der Waals surface area contributed by atoms with Crippen LogP contribution >= 0.6 is 23.2 Å². The molecule has 0 saturated heterocycles. The monoisotopic (exact) mass is 327 g/mol. The van der Waals surface area contributed by atoms with E-state index in [0.29, 0.717) is 0 Å². The van der Waals surface area contributed by atoms with Crippen molar-refractivity contribution in [3.8, 4) is 0 Å². The van der Waals surface area contributed by atoms with E-state index in [4.69, 9.17) is 28.3 Å². The normalized spacial score (nSPS) is 12.0. The topological polar surface area (TPSA) is 84.2 Å². The average molecular weight is 328 g/mol. The Kier molecular flexibility index (Phi) is 4.50. The second-order valence-electron chi connectivity index (χ2n) is 4.27. The smallest absolute Gasteiger partial charge is 0.335 e. The molecule has 0 saturated carbocycles. The number of nitrogens with zero attached hydrogens (tertiary/aromatic N) is 2. The molecule has 8 heteroatoms. The van der Waals surface area contributed by atoms with Crippen molar-refractivity contribution < 1.29 is 14.7 Å². The van der Waals surface area contributed by atoms with Crippen molar-refractivity contribution in [1.82, 2.24) is 9.78 Å². The molecule has 110 valence electrons. The van der Waals surface area contributed by atoms with Gasteiger partial charge in [-0.1, -0.05) is 23.2 Å². The van der Waals surface area contributed by atoms with Gasteiger partial charge in [0.25, 0.3) is 0 Å². The van der Waals surface area contributed by atoms with Crippen LogP contribution in [0.25, 0.3) is 0 Å². The van der Waals surface area contributed by atoms with Crippen LogP contribution in [-0.4, -0.2) is 26.8 Å². The molecular formula is C13H11Cl2N3O3. The second kappa shape index (κ2) is 6.15. The second-order valence-corrected chi connectivity index (χ2v) is 5.09. The fourth-order valence-corrected chi connectivity index (χ4v) is 2.26. The van der Waals surface area contributed by atoms with Crippen LogP contribution in [0.4, 0.5) is 5.69 Å². The zero-order valence-corrected chi connectivity index (χ0v) is 12.4. The third kappa shape index (κ3) is 3.34. The first-order chi connectivity index (χ1) is 9.90. The van der Waals surface area contributed by atoms with Crippen LogP contribution < -0.4 is 5.32 Å². The lowest BCUT2D eigenvalue weighted by atomic mass is 10.2. The Labute approximate surface area is 130 Å². The Morgan fingerprint density at radius 2 is 1.95 bits per heavy atom. The van der Waals surface area contributed by atoms with Crippen molar-refractivity contribution in [1.29, 1.82) is 0 Å². The molecule has 1 unspecified atom stereocenters. The SMILES string of the molecule is CC(C(=O)Nc1c(Cl)cc(C(=O)O)cc1Cl)n1cccn1. The number of carboxylic acid groups (broad SMARTS) is 1. The number of hydrogen-bond acceptors (Lipinski definition) is 3. The fourth-order valence-electron chi connectivity index (χ4n) is 1.67. The summed E-state index contributed by atoms with van der Waals surface area (Å²) in [5, 5.41) is 15.6. The summed E-state index contributed by atoms with van der Waals surface area (Å²) < 4.78 is 1.47. The van der Waals surface area contributed by atoms with Gasteiger partial charge in [-0.2, -0.15) is 5.10 Å². The summed E-state index contributed by atoms with van der Waals surface area (Å²) in [4.78, 5) is 23.0. The lowest BCUT2D eigenvalue weighted by molar-refractivity contribution is -0.119. The molecule has 0 spiro atoms. The van der Waals surface area contributed by atoms with Crippen LogP contribution in [0.15, 0.2) is 30.6 Å². The Morgan fingerprint density at radius 1 is 1.33 bits per heavy atom. The van der Waals surface area contributed by atoms with E-state index >= 15 is 0 Å². The molecule has 1 atom stereocenters. The lowest BCUT2D eigenvalue weighted by Gasteiger charge is -2.15. The third-order valence-corrected chi connectivity index (χ3v) is 3.43. The molecule has 2 N–H and O–H groups in total. The number of rotatable bonds is 4. The molecular weight excluding hydrogens is 317 g/mol. The van der Waals surface area contributed by atoms with Gasteiger partial charge in [0.1, 0.15) is 6.04 Å². The van der Waals surface area contributed by atoms with Crippen molar-refractivity contribution >= 4 is 40.8 Å². The number of aromatic nitrogens is 2. The number of aromatic carboxylic acids is 1. The largest absolute Gasteiger partial charge is 0.478 e. The number of benzene rings is 1. The maximum atomic E-state index is 12.1. The number of hydrogen-bond donors (Lipinski definition) is 2. The molecule has 0 aliphatic carbocycles. The summed E-state index contributed by atoms with van der Waals surface area (Å²) in [7, 11) is 0.